The van der Waals surface area contributed by atoms with Crippen LogP contribution in [0.5, 0.6) is 0 Å². The van der Waals surface area contributed by atoms with Gasteiger partial charge < -0.3 is 4.90 Å². The lowest BCUT2D eigenvalue weighted by Gasteiger charge is -2.12. The summed E-state index contributed by atoms with van der Waals surface area (Å²) in [4.78, 5) is 10.3. The number of benzene rings is 1. The molecule has 82 valence electrons. The van der Waals surface area contributed by atoms with E-state index in [9.17, 15) is 0 Å². The van der Waals surface area contributed by atoms with Crippen molar-refractivity contribution < 1.29 is 0 Å². The van der Waals surface area contributed by atoms with Gasteiger partial charge in [0.15, 0.2) is 0 Å². The maximum absolute atomic E-state index is 4.23. The molecule has 0 fully saturated rings. The van der Waals surface area contributed by atoms with Gasteiger partial charge in [0.1, 0.15) is 10.9 Å². The standard InChI is InChI=1S/C12H12BrN3/c1-16(2)10-5-3-9(4-6-10)11-7-12(13)15-8-14-11/h3-8H,1-2H3. The summed E-state index contributed by atoms with van der Waals surface area (Å²) in [5.74, 6) is 0. The van der Waals surface area contributed by atoms with Crippen molar-refractivity contribution in [1.29, 1.82) is 0 Å². The molecule has 0 aliphatic carbocycles. The first-order valence-corrected chi connectivity index (χ1v) is 5.71. The van der Waals surface area contributed by atoms with E-state index in [4.69, 9.17) is 0 Å². The minimum Gasteiger partial charge on any atom is -0.378 e. The molecule has 0 radical (unpaired) electrons. The summed E-state index contributed by atoms with van der Waals surface area (Å²) in [5, 5.41) is 0. The second kappa shape index (κ2) is 4.61. The van der Waals surface area contributed by atoms with Crippen molar-refractivity contribution in [2.24, 2.45) is 0 Å². The van der Waals surface area contributed by atoms with E-state index in [1.165, 1.54) is 5.69 Å². The normalized spacial score (nSPS) is 10.2. The van der Waals surface area contributed by atoms with Gasteiger partial charge in [0.2, 0.25) is 0 Å². The van der Waals surface area contributed by atoms with Crippen LogP contribution in [0.2, 0.25) is 0 Å². The van der Waals surface area contributed by atoms with Crippen LogP contribution in [0.3, 0.4) is 0 Å². The monoisotopic (exact) mass is 277 g/mol. The van der Waals surface area contributed by atoms with Gasteiger partial charge >= 0.3 is 0 Å². The van der Waals surface area contributed by atoms with E-state index in [-0.39, 0.29) is 0 Å². The number of rotatable bonds is 2. The molecule has 0 unspecified atom stereocenters. The molecule has 0 aliphatic heterocycles. The van der Waals surface area contributed by atoms with Crippen molar-refractivity contribution >= 4 is 21.6 Å². The van der Waals surface area contributed by atoms with Crippen LogP contribution in [0.15, 0.2) is 41.3 Å². The SMILES string of the molecule is CN(C)c1ccc(-c2cc(Br)ncn2)cc1. The molecular weight excluding hydrogens is 266 g/mol. The summed E-state index contributed by atoms with van der Waals surface area (Å²) in [6.45, 7) is 0. The van der Waals surface area contributed by atoms with Crippen LogP contribution in [-0.2, 0) is 0 Å². The van der Waals surface area contributed by atoms with Gasteiger partial charge in [-0.2, -0.15) is 0 Å². The molecule has 16 heavy (non-hydrogen) atoms. The summed E-state index contributed by atoms with van der Waals surface area (Å²) in [6.07, 6.45) is 1.55. The molecule has 1 aromatic heterocycles. The molecule has 4 heteroatoms. The first kappa shape index (κ1) is 11.1. The largest absolute Gasteiger partial charge is 0.378 e. The molecule has 0 bridgehead atoms. The molecule has 0 aliphatic rings. The molecule has 0 N–H and O–H groups in total. The Balaban J connectivity index is 2.35. The summed E-state index contributed by atoms with van der Waals surface area (Å²) in [5.41, 5.74) is 3.19. The third kappa shape index (κ3) is 2.39. The van der Waals surface area contributed by atoms with Crippen LogP contribution in [0.25, 0.3) is 11.3 Å². The Kier molecular flexibility index (Phi) is 3.19. The van der Waals surface area contributed by atoms with Crippen LogP contribution in [0.1, 0.15) is 0 Å². The fourth-order valence-electron chi connectivity index (χ4n) is 1.42. The van der Waals surface area contributed by atoms with E-state index in [0.717, 1.165) is 15.9 Å². The van der Waals surface area contributed by atoms with Crippen LogP contribution in [0.4, 0.5) is 5.69 Å². The minimum atomic E-state index is 0.800. The number of hydrogen-bond donors (Lipinski definition) is 0. The quantitative estimate of drug-likeness (QED) is 0.791. The van der Waals surface area contributed by atoms with Gasteiger partial charge in [-0.15, -0.1) is 0 Å². The average molecular weight is 278 g/mol. The minimum absolute atomic E-state index is 0.800. The summed E-state index contributed by atoms with van der Waals surface area (Å²) >= 11 is 3.34. The van der Waals surface area contributed by atoms with Gasteiger partial charge in [0.05, 0.1) is 5.69 Å². The Morgan fingerprint density at radius 3 is 2.31 bits per heavy atom. The van der Waals surface area contributed by atoms with Crippen molar-refractivity contribution in [3.05, 3.63) is 41.3 Å². The Bertz CT molecular complexity index is 480. The highest BCUT2D eigenvalue weighted by Gasteiger charge is 2.01. The number of nitrogens with zero attached hydrogens (tertiary/aromatic N) is 3. The molecule has 2 aromatic rings. The molecular formula is C12H12BrN3. The van der Waals surface area contributed by atoms with Crippen molar-refractivity contribution in [3.8, 4) is 11.3 Å². The lowest BCUT2D eigenvalue weighted by Crippen LogP contribution is -2.07. The molecule has 0 atom stereocenters. The van der Waals surface area contributed by atoms with Crippen LogP contribution in [-0.4, -0.2) is 24.1 Å². The predicted octanol–water partition coefficient (Wildman–Crippen LogP) is 2.97. The van der Waals surface area contributed by atoms with Gasteiger partial charge in [0, 0.05) is 25.3 Å². The van der Waals surface area contributed by atoms with Crippen molar-refractivity contribution in [2.45, 2.75) is 0 Å². The smallest absolute Gasteiger partial charge is 0.117 e. The molecule has 0 amide bonds. The van der Waals surface area contributed by atoms with Gasteiger partial charge in [-0.3, -0.25) is 0 Å². The Hall–Kier alpha value is -1.42. The summed E-state index contributed by atoms with van der Waals surface area (Å²) in [7, 11) is 4.05. The highest BCUT2D eigenvalue weighted by atomic mass is 79.9. The zero-order valence-electron chi connectivity index (χ0n) is 9.18. The predicted molar refractivity (Wildman–Crippen MR) is 69.5 cm³/mol. The molecule has 2 rings (SSSR count). The zero-order chi connectivity index (χ0) is 11.5. The lowest BCUT2D eigenvalue weighted by molar-refractivity contribution is 1.13. The van der Waals surface area contributed by atoms with Crippen LogP contribution in [0, 0.1) is 0 Å². The molecule has 0 saturated heterocycles. The van der Waals surface area contributed by atoms with E-state index in [0.29, 0.717) is 0 Å². The molecule has 1 heterocycles. The first-order valence-electron chi connectivity index (χ1n) is 4.92. The lowest BCUT2D eigenvalue weighted by atomic mass is 10.1. The van der Waals surface area contributed by atoms with Crippen LogP contribution >= 0.6 is 15.9 Å². The molecule has 3 nitrogen and oxygen atoms in total. The maximum Gasteiger partial charge on any atom is 0.117 e. The fourth-order valence-corrected chi connectivity index (χ4v) is 1.73. The summed E-state index contributed by atoms with van der Waals surface area (Å²) in [6, 6.07) is 10.2. The average Bonchev–Trinajstić information content (AvgIpc) is 2.29. The van der Waals surface area contributed by atoms with E-state index in [2.05, 4.69) is 55.1 Å². The zero-order valence-corrected chi connectivity index (χ0v) is 10.8. The Labute approximate surface area is 103 Å². The second-order valence-corrected chi connectivity index (χ2v) is 4.48. The highest BCUT2D eigenvalue weighted by Crippen LogP contribution is 2.21. The Morgan fingerprint density at radius 1 is 1.06 bits per heavy atom. The third-order valence-corrected chi connectivity index (χ3v) is 2.75. The fraction of sp³-hybridized carbons (Fsp3) is 0.167. The summed E-state index contributed by atoms with van der Waals surface area (Å²) < 4.78 is 0.800. The van der Waals surface area contributed by atoms with Crippen molar-refractivity contribution in [1.82, 2.24) is 9.97 Å². The maximum atomic E-state index is 4.23. The molecule has 1 aromatic carbocycles. The number of halogens is 1. The topological polar surface area (TPSA) is 29.0 Å². The van der Waals surface area contributed by atoms with Crippen LogP contribution < -0.4 is 4.90 Å². The van der Waals surface area contributed by atoms with Gasteiger partial charge in [-0.1, -0.05) is 12.1 Å². The van der Waals surface area contributed by atoms with Crippen molar-refractivity contribution in [2.75, 3.05) is 19.0 Å². The highest BCUT2D eigenvalue weighted by molar-refractivity contribution is 9.10. The Morgan fingerprint density at radius 2 is 1.75 bits per heavy atom. The van der Waals surface area contributed by atoms with Gasteiger partial charge in [-0.25, -0.2) is 9.97 Å². The van der Waals surface area contributed by atoms with E-state index in [1.807, 2.05) is 20.2 Å². The third-order valence-electron chi connectivity index (χ3n) is 2.31. The van der Waals surface area contributed by atoms with Crippen molar-refractivity contribution in [3.63, 3.8) is 0 Å². The molecule has 0 saturated carbocycles. The number of aromatic nitrogens is 2. The first-order chi connectivity index (χ1) is 7.66. The second-order valence-electron chi connectivity index (χ2n) is 3.67. The van der Waals surface area contributed by atoms with E-state index >= 15 is 0 Å². The number of hydrogen-bond acceptors (Lipinski definition) is 3. The van der Waals surface area contributed by atoms with E-state index < -0.39 is 0 Å². The van der Waals surface area contributed by atoms with Gasteiger partial charge in [0.25, 0.3) is 0 Å². The number of anilines is 1. The van der Waals surface area contributed by atoms with Gasteiger partial charge in [-0.05, 0) is 34.1 Å². The van der Waals surface area contributed by atoms with E-state index in [1.54, 1.807) is 6.33 Å². The molecule has 0 spiro atoms.